The quantitative estimate of drug-likeness (QED) is 0.466. The Hall–Kier alpha value is -0.160. The zero-order valence-electron chi connectivity index (χ0n) is 7.74. The summed E-state index contributed by atoms with van der Waals surface area (Å²) in [7, 11) is 0. The topological polar surface area (TPSA) is 69.7 Å². The highest BCUT2D eigenvalue weighted by atomic mass is 16.3. The van der Waals surface area contributed by atoms with Gasteiger partial charge in [0, 0.05) is 19.1 Å². The first-order chi connectivity index (χ1) is 5.70. The molecule has 0 radical (unpaired) electrons. The molecule has 1 atom stereocenters. The molecule has 0 amide bonds. The van der Waals surface area contributed by atoms with E-state index in [9.17, 15) is 0 Å². The van der Waals surface area contributed by atoms with Crippen molar-refractivity contribution in [2.45, 2.75) is 19.4 Å². The molecule has 0 spiro atoms. The molecule has 0 aliphatic rings. The standard InChI is InChI=1S/C8H20N2O2/c1-8(9)2-3-10(4-6-11)5-7-12/h8,11-12H,2-7,9H2,1H3. The summed E-state index contributed by atoms with van der Waals surface area (Å²) in [6.07, 6.45) is 0.903. The summed E-state index contributed by atoms with van der Waals surface area (Å²) >= 11 is 0. The van der Waals surface area contributed by atoms with Crippen LogP contribution in [0.3, 0.4) is 0 Å². The predicted octanol–water partition coefficient (Wildman–Crippen LogP) is -0.990. The van der Waals surface area contributed by atoms with Crippen LogP contribution in [0, 0.1) is 0 Å². The van der Waals surface area contributed by atoms with Gasteiger partial charge in [0.25, 0.3) is 0 Å². The molecule has 0 bridgehead atoms. The molecule has 0 aliphatic heterocycles. The van der Waals surface area contributed by atoms with E-state index >= 15 is 0 Å². The van der Waals surface area contributed by atoms with Gasteiger partial charge in [-0.15, -0.1) is 0 Å². The summed E-state index contributed by atoms with van der Waals surface area (Å²) in [5.41, 5.74) is 5.58. The molecule has 0 aromatic rings. The number of rotatable bonds is 7. The molecule has 0 saturated carbocycles. The largest absolute Gasteiger partial charge is 0.395 e. The van der Waals surface area contributed by atoms with E-state index in [1.165, 1.54) is 0 Å². The zero-order chi connectivity index (χ0) is 9.40. The lowest BCUT2D eigenvalue weighted by Crippen LogP contribution is -2.33. The molecule has 1 unspecified atom stereocenters. The van der Waals surface area contributed by atoms with Gasteiger partial charge in [-0.3, -0.25) is 4.90 Å². The van der Waals surface area contributed by atoms with Crippen molar-refractivity contribution in [2.75, 3.05) is 32.8 Å². The number of aliphatic hydroxyl groups excluding tert-OH is 2. The monoisotopic (exact) mass is 176 g/mol. The molecule has 0 saturated heterocycles. The van der Waals surface area contributed by atoms with Crippen LogP contribution in [-0.2, 0) is 0 Å². The lowest BCUT2D eigenvalue weighted by molar-refractivity contribution is 0.158. The molecule has 0 aromatic carbocycles. The third-order valence-corrected chi connectivity index (χ3v) is 1.73. The van der Waals surface area contributed by atoms with Crippen molar-refractivity contribution in [1.29, 1.82) is 0 Å². The Labute approximate surface area is 74.0 Å². The van der Waals surface area contributed by atoms with E-state index in [1.54, 1.807) is 0 Å². The molecule has 12 heavy (non-hydrogen) atoms. The maximum atomic E-state index is 8.67. The normalized spacial score (nSPS) is 13.8. The van der Waals surface area contributed by atoms with Gasteiger partial charge in [0.05, 0.1) is 13.2 Å². The highest BCUT2D eigenvalue weighted by Gasteiger charge is 2.03. The minimum atomic E-state index is 0.138. The molecule has 4 N–H and O–H groups in total. The number of hydrogen-bond donors (Lipinski definition) is 3. The summed E-state index contributed by atoms with van der Waals surface area (Å²) in [4.78, 5) is 2.00. The summed E-state index contributed by atoms with van der Waals surface area (Å²) < 4.78 is 0. The van der Waals surface area contributed by atoms with Gasteiger partial charge in [-0.05, 0) is 19.9 Å². The van der Waals surface area contributed by atoms with E-state index < -0.39 is 0 Å². The first-order valence-corrected chi connectivity index (χ1v) is 4.40. The molecule has 0 fully saturated rings. The molecule has 4 heteroatoms. The summed E-state index contributed by atoms with van der Waals surface area (Å²) in [6, 6.07) is 0.185. The molecular weight excluding hydrogens is 156 g/mol. The van der Waals surface area contributed by atoms with Crippen LogP contribution >= 0.6 is 0 Å². The first-order valence-electron chi connectivity index (χ1n) is 4.40. The Bertz CT molecular complexity index is 93.1. The van der Waals surface area contributed by atoms with Gasteiger partial charge < -0.3 is 15.9 Å². The third-order valence-electron chi connectivity index (χ3n) is 1.73. The number of hydrogen-bond acceptors (Lipinski definition) is 4. The number of nitrogens with zero attached hydrogens (tertiary/aromatic N) is 1. The minimum absolute atomic E-state index is 0.138. The van der Waals surface area contributed by atoms with Crippen molar-refractivity contribution in [3.05, 3.63) is 0 Å². The van der Waals surface area contributed by atoms with Crippen molar-refractivity contribution in [3.63, 3.8) is 0 Å². The van der Waals surface area contributed by atoms with E-state index in [-0.39, 0.29) is 19.3 Å². The lowest BCUT2D eigenvalue weighted by Gasteiger charge is -2.20. The molecule has 0 aliphatic carbocycles. The molecular formula is C8H20N2O2. The number of nitrogens with two attached hydrogens (primary N) is 1. The van der Waals surface area contributed by atoms with Crippen LogP contribution < -0.4 is 5.73 Å². The Kier molecular flexibility index (Phi) is 7.39. The summed E-state index contributed by atoms with van der Waals surface area (Å²) in [5.74, 6) is 0. The van der Waals surface area contributed by atoms with E-state index in [4.69, 9.17) is 15.9 Å². The second-order valence-corrected chi connectivity index (χ2v) is 3.05. The van der Waals surface area contributed by atoms with Crippen LogP contribution in [0.2, 0.25) is 0 Å². The van der Waals surface area contributed by atoms with Crippen molar-refractivity contribution in [1.82, 2.24) is 4.90 Å². The summed E-state index contributed by atoms with van der Waals surface area (Å²) in [5, 5.41) is 17.3. The highest BCUT2D eigenvalue weighted by molar-refractivity contribution is 4.61. The van der Waals surface area contributed by atoms with Gasteiger partial charge in [0.15, 0.2) is 0 Å². The van der Waals surface area contributed by atoms with Crippen LogP contribution in [0.15, 0.2) is 0 Å². The smallest absolute Gasteiger partial charge is 0.0558 e. The SMILES string of the molecule is CC(N)CCN(CCO)CCO. The first kappa shape index (κ1) is 11.8. The van der Waals surface area contributed by atoms with Gasteiger partial charge in [0.1, 0.15) is 0 Å². The Balaban J connectivity index is 3.48. The van der Waals surface area contributed by atoms with Gasteiger partial charge in [-0.2, -0.15) is 0 Å². The second kappa shape index (κ2) is 7.49. The van der Waals surface area contributed by atoms with Crippen molar-refractivity contribution >= 4 is 0 Å². The average molecular weight is 176 g/mol. The van der Waals surface area contributed by atoms with E-state index in [2.05, 4.69) is 0 Å². The average Bonchev–Trinajstić information content (AvgIpc) is 2.01. The van der Waals surface area contributed by atoms with Crippen LogP contribution in [0.5, 0.6) is 0 Å². The summed E-state index contributed by atoms with van der Waals surface area (Å²) in [6.45, 7) is 4.31. The van der Waals surface area contributed by atoms with E-state index in [0.717, 1.165) is 13.0 Å². The number of aliphatic hydroxyl groups is 2. The molecule has 4 nitrogen and oxygen atoms in total. The molecule has 0 aromatic heterocycles. The predicted molar refractivity (Wildman–Crippen MR) is 48.9 cm³/mol. The van der Waals surface area contributed by atoms with E-state index in [1.807, 2.05) is 11.8 Å². The third kappa shape index (κ3) is 6.54. The Morgan fingerprint density at radius 1 is 1.17 bits per heavy atom. The molecule has 0 heterocycles. The van der Waals surface area contributed by atoms with Crippen LogP contribution in [-0.4, -0.2) is 54.0 Å². The van der Waals surface area contributed by atoms with Crippen molar-refractivity contribution < 1.29 is 10.2 Å². The Morgan fingerprint density at radius 3 is 2.00 bits per heavy atom. The Morgan fingerprint density at radius 2 is 1.67 bits per heavy atom. The van der Waals surface area contributed by atoms with Gasteiger partial charge >= 0.3 is 0 Å². The van der Waals surface area contributed by atoms with Crippen LogP contribution in [0.1, 0.15) is 13.3 Å². The van der Waals surface area contributed by atoms with Gasteiger partial charge in [0.2, 0.25) is 0 Å². The van der Waals surface area contributed by atoms with Crippen molar-refractivity contribution in [2.24, 2.45) is 5.73 Å². The molecule has 74 valence electrons. The van der Waals surface area contributed by atoms with Crippen molar-refractivity contribution in [3.8, 4) is 0 Å². The fraction of sp³-hybridized carbons (Fsp3) is 1.00. The fourth-order valence-electron chi connectivity index (χ4n) is 1.00. The van der Waals surface area contributed by atoms with Crippen LogP contribution in [0.25, 0.3) is 0 Å². The zero-order valence-corrected chi connectivity index (χ0v) is 7.74. The minimum Gasteiger partial charge on any atom is -0.395 e. The highest BCUT2D eigenvalue weighted by Crippen LogP contribution is 1.93. The fourth-order valence-corrected chi connectivity index (χ4v) is 1.00. The van der Waals surface area contributed by atoms with E-state index in [0.29, 0.717) is 13.1 Å². The van der Waals surface area contributed by atoms with Gasteiger partial charge in [-0.25, -0.2) is 0 Å². The maximum absolute atomic E-state index is 8.67. The second-order valence-electron chi connectivity index (χ2n) is 3.05. The lowest BCUT2D eigenvalue weighted by atomic mass is 10.2. The van der Waals surface area contributed by atoms with Gasteiger partial charge in [-0.1, -0.05) is 0 Å². The molecule has 0 rings (SSSR count). The van der Waals surface area contributed by atoms with Crippen LogP contribution in [0.4, 0.5) is 0 Å². The maximum Gasteiger partial charge on any atom is 0.0558 e.